The van der Waals surface area contributed by atoms with Gasteiger partial charge >= 0.3 is 34.6 Å². The van der Waals surface area contributed by atoms with Gasteiger partial charge in [0.1, 0.15) is 23.3 Å². The Morgan fingerprint density at radius 1 is 0.643 bits per heavy atom. The van der Waals surface area contributed by atoms with Crippen LogP contribution in [0.4, 0.5) is 19.2 Å². The van der Waals surface area contributed by atoms with Crippen molar-refractivity contribution < 1.29 is 77.2 Å². The number of rotatable bonds is 18. The van der Waals surface area contributed by atoms with Gasteiger partial charge in [0.05, 0.1) is 38.3 Å². The van der Waals surface area contributed by atoms with E-state index >= 15 is 0 Å². The highest BCUT2D eigenvalue weighted by Crippen LogP contribution is 2.32. The summed E-state index contributed by atoms with van der Waals surface area (Å²) in [6, 6.07) is -4.85. The minimum absolute atomic E-state index is 0. The normalized spacial score (nSPS) is 20.0. The zero-order valence-electron chi connectivity index (χ0n) is 42.6. The molecule has 0 aliphatic carbocycles. The Morgan fingerprint density at radius 3 is 1.23 bits per heavy atom. The van der Waals surface area contributed by atoms with Gasteiger partial charge in [-0.15, -0.1) is 4.28 Å². The first-order valence-electron chi connectivity index (χ1n) is 23.7. The zero-order chi connectivity index (χ0) is 52.7. The summed E-state index contributed by atoms with van der Waals surface area (Å²) in [5.41, 5.74) is 3.17. The highest BCUT2D eigenvalue weighted by atomic mass is 32.3. The first-order chi connectivity index (χ1) is 31.8. The van der Waals surface area contributed by atoms with Crippen molar-refractivity contribution in [2.75, 3.05) is 53.4 Å². The molecule has 0 radical (unpaired) electrons. The Labute approximate surface area is 416 Å². The fourth-order valence-corrected chi connectivity index (χ4v) is 8.85. The number of hydrazine groups is 2. The first-order valence-corrected chi connectivity index (χ1v) is 26.4. The lowest BCUT2D eigenvalue weighted by atomic mass is 10.0. The molecule has 4 aliphatic rings. The summed E-state index contributed by atoms with van der Waals surface area (Å²) in [6.45, 7) is 25.1. The van der Waals surface area contributed by atoms with Crippen LogP contribution >= 0.6 is 0 Å². The molecular weight excluding hydrogens is 963 g/mol. The van der Waals surface area contributed by atoms with Crippen LogP contribution in [0.1, 0.15) is 154 Å². The van der Waals surface area contributed by atoms with Gasteiger partial charge in [-0.3, -0.25) is 25.0 Å². The molecule has 0 aromatic rings. The molecule has 27 heteroatoms. The number of fused-ring (bicyclic) bond motifs is 4. The number of nitrogens with one attached hydrogen (secondary N) is 2. The molecular formula is C43H83N9O16S2. The van der Waals surface area contributed by atoms with Gasteiger partial charge in [-0.05, 0) is 92.9 Å². The van der Waals surface area contributed by atoms with E-state index in [1.54, 1.807) is 41.5 Å². The van der Waals surface area contributed by atoms with Gasteiger partial charge in [0.15, 0.2) is 0 Å². The summed E-state index contributed by atoms with van der Waals surface area (Å²) in [4.78, 5) is 75.3. The Hall–Kier alpha value is -4.28. The highest BCUT2D eigenvalue weighted by molar-refractivity contribution is 7.81. The van der Waals surface area contributed by atoms with E-state index in [9.17, 15) is 50.2 Å². The molecule has 4 heterocycles. The monoisotopic (exact) mass is 1050 g/mol. The lowest BCUT2D eigenvalue weighted by molar-refractivity contribution is -0.929. The molecule has 4 aliphatic heterocycles. The number of urea groups is 2. The Bertz CT molecular complexity index is 1810. The number of unbranched alkanes of at least 4 members (excludes halogenated alkanes) is 4. The predicted molar refractivity (Wildman–Crippen MR) is 255 cm³/mol. The van der Waals surface area contributed by atoms with Crippen molar-refractivity contribution in [1.29, 1.82) is 0 Å². The number of nitrogens with zero attached hydrogens (tertiary/aromatic N) is 7. The van der Waals surface area contributed by atoms with Crippen molar-refractivity contribution in [2.24, 2.45) is 0 Å². The van der Waals surface area contributed by atoms with Crippen LogP contribution in [0.5, 0.6) is 0 Å². The third kappa shape index (κ3) is 20.8. The van der Waals surface area contributed by atoms with Crippen molar-refractivity contribution in [1.82, 2.24) is 40.8 Å². The molecule has 408 valence electrons. The molecule has 4 fully saturated rings. The molecule has 4 bridgehead atoms. The SMILES string of the molecule is C.CCCC[N+](CCCC)(CCCC)CCCC.CN(NC(=O)[C@@H]1CC[C@@H]2CN1C(=O)N2OS(=O)(=O)O)C(=O)OC(C)(C)C.CN(NC(=O)[C@@H]1CC[C@@H]2CN1C(=O)N2OS(=O)(=O)[O-])C(=O)OC(C)(C)C. The van der Waals surface area contributed by atoms with Crippen molar-refractivity contribution in [2.45, 2.75) is 189 Å². The quantitative estimate of drug-likeness (QED) is 0.0699. The Balaban J connectivity index is 0.000000535. The Kier molecular flexibility index (Phi) is 25.1. The standard InChI is InChI=1S/C16H36N.2C13H22N4O8S.CH4/c1-5-9-13-17(14-10-6-2,15-11-7-3)16-12-8-4;2*1-13(2,3)24-12(20)15(4)14-10(18)9-6-5-8-7-16(9)11(19)17(8)25-26(21,22)23;/h5-16H2,1-4H3;2*8-9H,5-7H2,1-4H3,(H,14,18)(H,21,22,23);1H4/q+1;;;/p-1/t;2*8-,9+;/m.11./s1. The van der Waals surface area contributed by atoms with Crippen LogP contribution in [0, 0.1) is 0 Å². The maximum absolute atomic E-state index is 12.4. The Morgan fingerprint density at radius 2 is 0.957 bits per heavy atom. The van der Waals surface area contributed by atoms with E-state index in [0.717, 1.165) is 19.8 Å². The second kappa shape index (κ2) is 27.5. The molecule has 0 saturated carbocycles. The number of carbonyl (C=O) groups excluding carboxylic acids is 6. The topological polar surface area (TPSA) is 294 Å². The van der Waals surface area contributed by atoms with Gasteiger partial charge in [0, 0.05) is 27.2 Å². The average molecular weight is 1050 g/mol. The predicted octanol–water partition coefficient (Wildman–Crippen LogP) is 5.07. The van der Waals surface area contributed by atoms with E-state index in [1.807, 2.05) is 0 Å². The van der Waals surface area contributed by atoms with Crippen LogP contribution in [0.15, 0.2) is 0 Å². The summed E-state index contributed by atoms with van der Waals surface area (Å²) >= 11 is 0. The third-order valence-corrected chi connectivity index (χ3v) is 12.1. The fraction of sp³-hybridized carbons (Fsp3) is 0.860. The largest absolute Gasteiger partial charge is 0.724 e. The zero-order valence-corrected chi connectivity index (χ0v) is 44.2. The number of hydroxylamine groups is 4. The maximum Gasteiger partial charge on any atom is 0.428 e. The van der Waals surface area contributed by atoms with Gasteiger partial charge in [-0.1, -0.05) is 60.8 Å². The number of quaternary nitrogens is 1. The van der Waals surface area contributed by atoms with Crippen LogP contribution in [0.2, 0.25) is 0 Å². The van der Waals surface area contributed by atoms with E-state index in [4.69, 9.17) is 14.0 Å². The van der Waals surface area contributed by atoms with E-state index < -0.39 is 92.2 Å². The summed E-state index contributed by atoms with van der Waals surface area (Å²) in [5.74, 6) is -1.27. The molecule has 4 saturated heterocycles. The van der Waals surface area contributed by atoms with E-state index in [2.05, 4.69) is 47.1 Å². The highest BCUT2D eigenvalue weighted by Gasteiger charge is 2.51. The van der Waals surface area contributed by atoms with Crippen LogP contribution in [0.25, 0.3) is 0 Å². The van der Waals surface area contributed by atoms with Crippen LogP contribution in [-0.4, -0.2) is 185 Å². The molecule has 0 aromatic heterocycles. The first kappa shape index (κ1) is 63.7. The number of amides is 8. The number of ether oxygens (including phenoxy) is 2. The van der Waals surface area contributed by atoms with Crippen LogP contribution < -0.4 is 10.9 Å². The van der Waals surface area contributed by atoms with Gasteiger partial charge in [0.2, 0.25) is 10.4 Å². The van der Waals surface area contributed by atoms with Crippen molar-refractivity contribution in [3.05, 3.63) is 0 Å². The lowest BCUT2D eigenvalue weighted by Gasteiger charge is -2.39. The van der Waals surface area contributed by atoms with Gasteiger partial charge in [0.25, 0.3) is 11.8 Å². The average Bonchev–Trinajstić information content (AvgIpc) is 3.60. The number of hydrogen-bond donors (Lipinski definition) is 3. The third-order valence-electron chi connectivity index (χ3n) is 11.4. The van der Waals surface area contributed by atoms with Crippen LogP contribution in [-0.2, 0) is 48.4 Å². The second-order valence-corrected chi connectivity index (χ2v) is 21.7. The smallest absolute Gasteiger partial charge is 0.428 e. The minimum Gasteiger partial charge on any atom is -0.724 e. The second-order valence-electron chi connectivity index (χ2n) is 19.7. The molecule has 0 spiro atoms. The van der Waals surface area contributed by atoms with Gasteiger partial charge in [-0.2, -0.15) is 22.8 Å². The molecule has 3 N–H and O–H groups in total. The van der Waals surface area contributed by atoms with Gasteiger partial charge in [-0.25, -0.2) is 37.6 Å². The summed E-state index contributed by atoms with van der Waals surface area (Å²) in [6.07, 6.45) is 10.5. The fourth-order valence-electron chi connectivity index (χ4n) is 8.08. The summed E-state index contributed by atoms with van der Waals surface area (Å²) < 4.78 is 82.8. The van der Waals surface area contributed by atoms with Gasteiger partial charge < -0.3 is 28.3 Å². The minimum atomic E-state index is -5.11. The molecule has 0 aromatic carbocycles. The summed E-state index contributed by atoms with van der Waals surface area (Å²) in [7, 11) is -7.36. The molecule has 70 heavy (non-hydrogen) atoms. The number of hydrogen-bond acceptors (Lipinski definition) is 15. The number of piperidine rings is 2. The van der Waals surface area contributed by atoms with Crippen LogP contribution in [0.3, 0.4) is 0 Å². The molecule has 8 amide bonds. The summed E-state index contributed by atoms with van der Waals surface area (Å²) in [5, 5.41) is 2.75. The van der Waals surface area contributed by atoms with E-state index in [1.165, 1.54) is 96.1 Å². The van der Waals surface area contributed by atoms with E-state index in [-0.39, 0.29) is 46.2 Å². The molecule has 4 rings (SSSR count). The molecule has 25 nitrogen and oxygen atoms in total. The molecule has 0 unspecified atom stereocenters. The van der Waals surface area contributed by atoms with Crippen molar-refractivity contribution >= 4 is 56.9 Å². The maximum atomic E-state index is 12.4. The van der Waals surface area contributed by atoms with E-state index in [0.29, 0.717) is 10.1 Å². The van der Waals surface area contributed by atoms with Crippen molar-refractivity contribution in [3.63, 3.8) is 0 Å². The molecule has 4 atom stereocenters. The van der Waals surface area contributed by atoms with Crippen molar-refractivity contribution in [3.8, 4) is 0 Å². The number of carbonyl (C=O) groups is 6. The lowest BCUT2D eigenvalue weighted by Crippen LogP contribution is -2.55.